The number of guanidine groups is 1. The molecule has 4 heteroatoms. The standard InChI is InChI=1S/C14H21N3O/c1-4-9-16-14(15-2)17-10-12-5-7-13(8-6-12)11-18-3/h4-8H,1,9-11H2,2-3H3,(H2,15,16,17). The fraction of sp³-hybridized carbons (Fsp3) is 0.357. The molecule has 2 N–H and O–H groups in total. The monoisotopic (exact) mass is 247 g/mol. The van der Waals surface area contributed by atoms with E-state index in [-0.39, 0.29) is 0 Å². The number of aliphatic imine (C=N–C) groups is 1. The molecule has 0 bridgehead atoms. The fourth-order valence-corrected chi connectivity index (χ4v) is 1.50. The Bertz CT molecular complexity index is 385. The van der Waals surface area contributed by atoms with Gasteiger partial charge in [0.2, 0.25) is 0 Å². The van der Waals surface area contributed by atoms with Crippen LogP contribution in [0, 0.1) is 0 Å². The van der Waals surface area contributed by atoms with Gasteiger partial charge in [-0.05, 0) is 11.1 Å². The molecule has 4 nitrogen and oxygen atoms in total. The summed E-state index contributed by atoms with van der Waals surface area (Å²) in [6, 6.07) is 8.31. The maximum Gasteiger partial charge on any atom is 0.191 e. The van der Waals surface area contributed by atoms with Gasteiger partial charge in [0.25, 0.3) is 0 Å². The Morgan fingerprint density at radius 2 is 1.94 bits per heavy atom. The summed E-state index contributed by atoms with van der Waals surface area (Å²) in [7, 11) is 3.45. The number of nitrogens with zero attached hydrogens (tertiary/aromatic N) is 1. The topological polar surface area (TPSA) is 45.7 Å². The van der Waals surface area contributed by atoms with Crippen LogP contribution < -0.4 is 10.6 Å². The number of methoxy groups -OCH3 is 1. The summed E-state index contributed by atoms with van der Waals surface area (Å²) in [6.45, 7) is 5.75. The van der Waals surface area contributed by atoms with Gasteiger partial charge in [-0.1, -0.05) is 30.3 Å². The molecule has 0 aliphatic rings. The highest BCUT2D eigenvalue weighted by Crippen LogP contribution is 2.05. The van der Waals surface area contributed by atoms with Gasteiger partial charge in [-0.3, -0.25) is 4.99 Å². The summed E-state index contributed by atoms with van der Waals surface area (Å²) in [4.78, 5) is 4.11. The fourth-order valence-electron chi connectivity index (χ4n) is 1.50. The molecule has 0 amide bonds. The SMILES string of the molecule is C=CCNC(=NC)NCc1ccc(COC)cc1. The van der Waals surface area contributed by atoms with Gasteiger partial charge in [0, 0.05) is 27.2 Å². The zero-order chi connectivity index (χ0) is 13.2. The van der Waals surface area contributed by atoms with E-state index in [1.54, 1.807) is 20.2 Å². The lowest BCUT2D eigenvalue weighted by atomic mass is 10.1. The number of ether oxygens (including phenoxy) is 1. The maximum atomic E-state index is 5.07. The molecule has 0 fully saturated rings. The van der Waals surface area contributed by atoms with E-state index < -0.39 is 0 Å². The lowest BCUT2D eigenvalue weighted by Crippen LogP contribution is -2.36. The van der Waals surface area contributed by atoms with Crippen LogP contribution in [-0.2, 0) is 17.9 Å². The highest BCUT2D eigenvalue weighted by molar-refractivity contribution is 5.79. The van der Waals surface area contributed by atoms with Gasteiger partial charge in [0.1, 0.15) is 0 Å². The first-order chi connectivity index (χ1) is 8.80. The van der Waals surface area contributed by atoms with Gasteiger partial charge in [-0.15, -0.1) is 6.58 Å². The van der Waals surface area contributed by atoms with Gasteiger partial charge in [-0.2, -0.15) is 0 Å². The van der Waals surface area contributed by atoms with Crippen LogP contribution in [-0.4, -0.2) is 26.7 Å². The Balaban J connectivity index is 2.44. The second kappa shape index (κ2) is 8.31. The minimum absolute atomic E-state index is 0.649. The second-order valence-electron chi connectivity index (χ2n) is 3.84. The first-order valence-corrected chi connectivity index (χ1v) is 5.92. The Hall–Kier alpha value is -1.81. The normalized spacial score (nSPS) is 11.1. The van der Waals surface area contributed by atoms with Crippen LogP contribution in [0.15, 0.2) is 41.9 Å². The average molecular weight is 247 g/mol. The molecular formula is C14H21N3O. The van der Waals surface area contributed by atoms with Crippen molar-refractivity contribution in [3.63, 3.8) is 0 Å². The van der Waals surface area contributed by atoms with Gasteiger partial charge >= 0.3 is 0 Å². The number of hydrogen-bond acceptors (Lipinski definition) is 2. The van der Waals surface area contributed by atoms with E-state index in [1.165, 1.54) is 11.1 Å². The van der Waals surface area contributed by atoms with Crippen molar-refractivity contribution in [2.75, 3.05) is 20.7 Å². The van der Waals surface area contributed by atoms with Crippen LogP contribution in [0.1, 0.15) is 11.1 Å². The van der Waals surface area contributed by atoms with E-state index >= 15 is 0 Å². The maximum absolute atomic E-state index is 5.07. The molecule has 0 aromatic heterocycles. The Kier molecular flexibility index (Phi) is 6.58. The molecular weight excluding hydrogens is 226 g/mol. The van der Waals surface area contributed by atoms with Gasteiger partial charge in [0.05, 0.1) is 6.61 Å². The molecule has 0 heterocycles. The zero-order valence-corrected chi connectivity index (χ0v) is 11.1. The van der Waals surface area contributed by atoms with E-state index in [0.717, 1.165) is 12.5 Å². The molecule has 0 aliphatic heterocycles. The van der Waals surface area contributed by atoms with Crippen molar-refractivity contribution in [1.82, 2.24) is 10.6 Å². The number of hydrogen-bond donors (Lipinski definition) is 2. The quantitative estimate of drug-likeness (QED) is 0.457. The van der Waals surface area contributed by atoms with Crippen LogP contribution in [0.5, 0.6) is 0 Å². The molecule has 0 radical (unpaired) electrons. The molecule has 1 aromatic rings. The third-order valence-electron chi connectivity index (χ3n) is 2.43. The summed E-state index contributed by atoms with van der Waals surface area (Å²) >= 11 is 0. The first kappa shape index (κ1) is 14.3. The lowest BCUT2D eigenvalue weighted by molar-refractivity contribution is 0.185. The summed E-state index contributed by atoms with van der Waals surface area (Å²) in [5.41, 5.74) is 2.38. The van der Waals surface area contributed by atoms with Crippen molar-refractivity contribution in [1.29, 1.82) is 0 Å². The molecule has 0 atom stereocenters. The van der Waals surface area contributed by atoms with Crippen molar-refractivity contribution < 1.29 is 4.74 Å². The predicted octanol–water partition coefficient (Wildman–Crippen LogP) is 1.68. The minimum atomic E-state index is 0.649. The Labute approximate surface area is 109 Å². The van der Waals surface area contributed by atoms with Crippen molar-refractivity contribution in [3.05, 3.63) is 48.0 Å². The Morgan fingerprint density at radius 3 is 2.50 bits per heavy atom. The molecule has 0 aliphatic carbocycles. The van der Waals surface area contributed by atoms with E-state index in [9.17, 15) is 0 Å². The predicted molar refractivity (Wildman–Crippen MR) is 75.6 cm³/mol. The molecule has 0 unspecified atom stereocenters. The van der Waals surface area contributed by atoms with Crippen LogP contribution in [0.2, 0.25) is 0 Å². The van der Waals surface area contributed by atoms with E-state index in [0.29, 0.717) is 13.2 Å². The van der Waals surface area contributed by atoms with E-state index in [2.05, 4.69) is 46.5 Å². The molecule has 1 rings (SSSR count). The molecule has 0 saturated carbocycles. The first-order valence-electron chi connectivity index (χ1n) is 5.92. The van der Waals surface area contributed by atoms with Crippen molar-refractivity contribution in [2.24, 2.45) is 4.99 Å². The van der Waals surface area contributed by atoms with Crippen LogP contribution in [0.25, 0.3) is 0 Å². The lowest BCUT2D eigenvalue weighted by Gasteiger charge is -2.10. The van der Waals surface area contributed by atoms with Crippen LogP contribution >= 0.6 is 0 Å². The van der Waals surface area contributed by atoms with Gasteiger partial charge < -0.3 is 15.4 Å². The smallest absolute Gasteiger partial charge is 0.191 e. The summed E-state index contributed by atoms with van der Waals surface area (Å²) in [6.07, 6.45) is 1.80. The molecule has 0 saturated heterocycles. The molecule has 98 valence electrons. The third kappa shape index (κ3) is 5.01. The number of rotatable bonds is 6. The third-order valence-corrected chi connectivity index (χ3v) is 2.43. The Morgan fingerprint density at radius 1 is 1.28 bits per heavy atom. The van der Waals surface area contributed by atoms with Crippen molar-refractivity contribution in [2.45, 2.75) is 13.2 Å². The molecule has 1 aromatic carbocycles. The van der Waals surface area contributed by atoms with Crippen LogP contribution in [0.4, 0.5) is 0 Å². The summed E-state index contributed by atoms with van der Waals surface area (Å²) in [5, 5.41) is 6.35. The second-order valence-corrected chi connectivity index (χ2v) is 3.84. The highest BCUT2D eigenvalue weighted by atomic mass is 16.5. The summed E-state index contributed by atoms with van der Waals surface area (Å²) in [5.74, 6) is 0.774. The zero-order valence-electron chi connectivity index (χ0n) is 11.1. The largest absolute Gasteiger partial charge is 0.380 e. The minimum Gasteiger partial charge on any atom is -0.380 e. The number of nitrogens with one attached hydrogen (secondary N) is 2. The number of benzene rings is 1. The van der Waals surface area contributed by atoms with Crippen LogP contribution in [0.3, 0.4) is 0 Å². The van der Waals surface area contributed by atoms with Crippen molar-refractivity contribution >= 4 is 5.96 Å². The van der Waals surface area contributed by atoms with Crippen molar-refractivity contribution in [3.8, 4) is 0 Å². The van der Waals surface area contributed by atoms with E-state index in [1.807, 2.05) is 0 Å². The molecule has 0 spiro atoms. The van der Waals surface area contributed by atoms with Gasteiger partial charge in [0.15, 0.2) is 5.96 Å². The highest BCUT2D eigenvalue weighted by Gasteiger charge is 1.97. The van der Waals surface area contributed by atoms with Gasteiger partial charge in [-0.25, -0.2) is 0 Å². The average Bonchev–Trinajstić information content (AvgIpc) is 2.41. The molecule has 18 heavy (non-hydrogen) atoms. The van der Waals surface area contributed by atoms with E-state index in [4.69, 9.17) is 4.74 Å². The summed E-state index contributed by atoms with van der Waals surface area (Å²) < 4.78 is 5.07.